The molecule has 2 atom stereocenters. The van der Waals surface area contributed by atoms with Crippen molar-refractivity contribution >= 4 is 15.9 Å². The highest BCUT2D eigenvalue weighted by molar-refractivity contribution is 7.89. The second-order valence-corrected chi connectivity index (χ2v) is 9.02. The van der Waals surface area contributed by atoms with Crippen LogP contribution in [0.5, 0.6) is 5.75 Å². The van der Waals surface area contributed by atoms with Crippen LogP contribution in [0.25, 0.3) is 0 Å². The summed E-state index contributed by atoms with van der Waals surface area (Å²) in [7, 11) is -2.03. The maximum atomic E-state index is 12.7. The topological polar surface area (TPSA) is 108 Å². The summed E-state index contributed by atoms with van der Waals surface area (Å²) in [6.45, 7) is 2.33. The first-order valence-corrected chi connectivity index (χ1v) is 10.7. The molecule has 8 nitrogen and oxygen atoms in total. The molecule has 150 valence electrons. The molecular weight excluding hydrogens is 370 g/mol. The van der Waals surface area contributed by atoms with Crippen LogP contribution in [0.1, 0.15) is 12.8 Å². The predicted octanol–water partition coefficient (Wildman–Crippen LogP) is -0.208. The van der Waals surface area contributed by atoms with Crippen LogP contribution in [-0.2, 0) is 14.8 Å². The molecule has 2 fully saturated rings. The van der Waals surface area contributed by atoms with E-state index < -0.39 is 16.1 Å². The Balaban J connectivity index is 1.52. The Labute approximate surface area is 159 Å². The van der Waals surface area contributed by atoms with E-state index >= 15 is 0 Å². The van der Waals surface area contributed by atoms with Gasteiger partial charge in [0.25, 0.3) is 0 Å². The van der Waals surface area contributed by atoms with Gasteiger partial charge in [0.2, 0.25) is 15.9 Å². The summed E-state index contributed by atoms with van der Waals surface area (Å²) in [5.74, 6) is 0.380. The molecule has 0 spiro atoms. The molecule has 2 heterocycles. The van der Waals surface area contributed by atoms with E-state index in [0.29, 0.717) is 51.3 Å². The molecule has 2 unspecified atom stereocenters. The number of methoxy groups -OCH3 is 1. The van der Waals surface area contributed by atoms with Gasteiger partial charge >= 0.3 is 0 Å². The summed E-state index contributed by atoms with van der Waals surface area (Å²) in [4.78, 5) is 12.6. The minimum absolute atomic E-state index is 0.0319. The van der Waals surface area contributed by atoms with Crippen molar-refractivity contribution in [3.05, 3.63) is 24.3 Å². The predicted molar refractivity (Wildman–Crippen MR) is 99.9 cm³/mol. The molecule has 1 amide bonds. The fourth-order valence-electron chi connectivity index (χ4n) is 3.56. The number of amides is 1. The van der Waals surface area contributed by atoms with Gasteiger partial charge in [0.1, 0.15) is 5.75 Å². The lowest BCUT2D eigenvalue weighted by atomic mass is 9.97. The number of sulfonamides is 1. The van der Waals surface area contributed by atoms with Crippen molar-refractivity contribution in [2.75, 3.05) is 39.8 Å². The first-order chi connectivity index (χ1) is 12.9. The standard InChI is InChI=1S/C18H27N3O5S/c1-26-15-2-4-16(5-3-15)27(24,25)21-8-6-13(7-9-21)18(23)20-11-14-10-19-12-17(14)22/h2-5,13-14,17,19,22H,6-12H2,1H3,(H,20,23). The van der Waals surface area contributed by atoms with Crippen LogP contribution in [0.15, 0.2) is 29.2 Å². The third-order valence-electron chi connectivity index (χ3n) is 5.36. The maximum Gasteiger partial charge on any atom is 0.243 e. The van der Waals surface area contributed by atoms with Gasteiger partial charge in [0.05, 0.1) is 18.1 Å². The molecular formula is C18H27N3O5S. The van der Waals surface area contributed by atoms with Crippen molar-refractivity contribution in [3.63, 3.8) is 0 Å². The van der Waals surface area contributed by atoms with Gasteiger partial charge in [-0.25, -0.2) is 8.42 Å². The number of hydrogen-bond acceptors (Lipinski definition) is 6. The van der Waals surface area contributed by atoms with Gasteiger partial charge in [-0.1, -0.05) is 0 Å². The van der Waals surface area contributed by atoms with Gasteiger partial charge in [0.15, 0.2) is 0 Å². The molecule has 0 bridgehead atoms. The molecule has 0 radical (unpaired) electrons. The van der Waals surface area contributed by atoms with Crippen molar-refractivity contribution in [1.82, 2.24) is 14.9 Å². The molecule has 2 aliphatic heterocycles. The second kappa shape index (κ2) is 8.55. The second-order valence-electron chi connectivity index (χ2n) is 7.08. The Bertz CT molecular complexity index is 745. The van der Waals surface area contributed by atoms with Crippen LogP contribution >= 0.6 is 0 Å². The molecule has 27 heavy (non-hydrogen) atoms. The summed E-state index contributed by atoms with van der Waals surface area (Å²) < 4.78 is 32.0. The maximum absolute atomic E-state index is 12.7. The number of β-amino-alcohol motifs (C(OH)–C–C–N with tert-alkyl or cyclic N) is 1. The summed E-state index contributed by atoms with van der Waals surface area (Å²) in [6, 6.07) is 6.32. The van der Waals surface area contributed by atoms with Crippen LogP contribution in [0.3, 0.4) is 0 Å². The largest absolute Gasteiger partial charge is 0.497 e. The number of ether oxygens (including phenoxy) is 1. The summed E-state index contributed by atoms with van der Waals surface area (Å²) in [6.07, 6.45) is 0.557. The number of aliphatic hydroxyl groups excluding tert-OH is 1. The van der Waals surface area contributed by atoms with E-state index in [1.165, 1.54) is 23.5 Å². The SMILES string of the molecule is COc1ccc(S(=O)(=O)N2CCC(C(=O)NCC3CNCC3O)CC2)cc1. The molecule has 0 aliphatic carbocycles. The van der Waals surface area contributed by atoms with Gasteiger partial charge in [0, 0.05) is 44.6 Å². The van der Waals surface area contributed by atoms with Crippen LogP contribution in [-0.4, -0.2) is 69.7 Å². The third kappa shape index (κ3) is 4.60. The van der Waals surface area contributed by atoms with Gasteiger partial charge in [-0.05, 0) is 37.1 Å². The Morgan fingerprint density at radius 1 is 1.26 bits per heavy atom. The number of aliphatic hydroxyl groups is 1. The van der Waals surface area contributed by atoms with Crippen molar-refractivity contribution in [2.45, 2.75) is 23.8 Å². The zero-order valence-corrected chi connectivity index (χ0v) is 16.2. The fourth-order valence-corrected chi connectivity index (χ4v) is 5.03. The smallest absolute Gasteiger partial charge is 0.243 e. The minimum Gasteiger partial charge on any atom is -0.497 e. The van der Waals surface area contributed by atoms with E-state index in [4.69, 9.17) is 4.74 Å². The number of carbonyl (C=O) groups excluding carboxylic acids is 1. The zero-order chi connectivity index (χ0) is 19.4. The first kappa shape index (κ1) is 20.1. The van der Waals surface area contributed by atoms with Gasteiger partial charge < -0.3 is 20.5 Å². The van der Waals surface area contributed by atoms with Crippen LogP contribution in [0.2, 0.25) is 0 Å². The molecule has 2 saturated heterocycles. The van der Waals surface area contributed by atoms with Gasteiger partial charge in [-0.3, -0.25) is 4.79 Å². The molecule has 1 aromatic rings. The van der Waals surface area contributed by atoms with Gasteiger partial charge in [-0.15, -0.1) is 0 Å². The number of carbonyl (C=O) groups is 1. The molecule has 0 saturated carbocycles. The third-order valence-corrected chi connectivity index (χ3v) is 7.28. The normalized spacial score (nSPS) is 24.7. The molecule has 2 aliphatic rings. The van der Waals surface area contributed by atoms with E-state index in [1.54, 1.807) is 12.1 Å². The fraction of sp³-hybridized carbons (Fsp3) is 0.611. The van der Waals surface area contributed by atoms with E-state index in [9.17, 15) is 18.3 Å². The van der Waals surface area contributed by atoms with E-state index in [-0.39, 0.29) is 22.6 Å². The molecule has 3 rings (SSSR count). The van der Waals surface area contributed by atoms with Crippen LogP contribution in [0.4, 0.5) is 0 Å². The lowest BCUT2D eigenvalue weighted by molar-refractivity contribution is -0.126. The number of hydrogen-bond donors (Lipinski definition) is 3. The Morgan fingerprint density at radius 3 is 2.48 bits per heavy atom. The molecule has 3 N–H and O–H groups in total. The van der Waals surface area contributed by atoms with Crippen LogP contribution in [0, 0.1) is 11.8 Å². The lowest BCUT2D eigenvalue weighted by Crippen LogP contribution is -2.44. The number of nitrogens with zero attached hydrogens (tertiary/aromatic N) is 1. The highest BCUT2D eigenvalue weighted by Crippen LogP contribution is 2.25. The quantitative estimate of drug-likeness (QED) is 0.613. The summed E-state index contributed by atoms with van der Waals surface area (Å²) >= 11 is 0. The zero-order valence-electron chi connectivity index (χ0n) is 15.4. The number of piperidine rings is 1. The summed E-state index contributed by atoms with van der Waals surface area (Å²) in [5.41, 5.74) is 0. The monoisotopic (exact) mass is 397 g/mol. The van der Waals surface area contributed by atoms with Crippen molar-refractivity contribution in [2.24, 2.45) is 11.8 Å². The molecule has 9 heteroatoms. The number of rotatable bonds is 6. The van der Waals surface area contributed by atoms with E-state index in [2.05, 4.69) is 10.6 Å². The highest BCUT2D eigenvalue weighted by Gasteiger charge is 2.33. The number of nitrogens with one attached hydrogen (secondary N) is 2. The molecule has 0 aromatic heterocycles. The number of benzene rings is 1. The average molecular weight is 397 g/mol. The first-order valence-electron chi connectivity index (χ1n) is 9.22. The molecule has 1 aromatic carbocycles. The van der Waals surface area contributed by atoms with Gasteiger partial charge in [-0.2, -0.15) is 4.31 Å². The van der Waals surface area contributed by atoms with E-state index in [1.807, 2.05) is 0 Å². The summed E-state index contributed by atoms with van der Waals surface area (Å²) in [5, 5.41) is 15.8. The minimum atomic E-state index is -3.56. The Morgan fingerprint density at radius 2 is 1.93 bits per heavy atom. The average Bonchev–Trinajstić information content (AvgIpc) is 3.11. The Kier molecular flexibility index (Phi) is 6.36. The Hall–Kier alpha value is -1.68. The van der Waals surface area contributed by atoms with Crippen LogP contribution < -0.4 is 15.4 Å². The van der Waals surface area contributed by atoms with Crippen molar-refractivity contribution < 1.29 is 23.1 Å². The van der Waals surface area contributed by atoms with E-state index in [0.717, 1.165) is 0 Å². The highest BCUT2D eigenvalue weighted by atomic mass is 32.2. The van der Waals surface area contributed by atoms with Crippen molar-refractivity contribution in [3.8, 4) is 5.75 Å². The lowest BCUT2D eigenvalue weighted by Gasteiger charge is -2.30. The van der Waals surface area contributed by atoms with Crippen molar-refractivity contribution in [1.29, 1.82) is 0 Å².